The number of carbonyl (C=O) groups is 1. The molecular weight excluding hydrogens is 481 g/mol. The number of alkyl halides is 3. The van der Waals surface area contributed by atoms with Crippen LogP contribution in [0.2, 0.25) is 0 Å². The summed E-state index contributed by atoms with van der Waals surface area (Å²) < 4.78 is 46.6. The van der Waals surface area contributed by atoms with Crippen LogP contribution in [0.1, 0.15) is 46.6 Å². The van der Waals surface area contributed by atoms with E-state index in [0.29, 0.717) is 17.4 Å². The molecular formula is C29H33F3N2O3. The van der Waals surface area contributed by atoms with Crippen molar-refractivity contribution in [3.8, 4) is 11.8 Å². The number of rotatable bonds is 8. The monoisotopic (exact) mass is 514 g/mol. The Bertz CT molecular complexity index is 1180. The maximum Gasteiger partial charge on any atom is 0.573 e. The number of amides is 1. The fourth-order valence-electron chi connectivity index (χ4n) is 4.17. The highest BCUT2D eigenvalue weighted by Gasteiger charge is 2.31. The van der Waals surface area contributed by atoms with Crippen LogP contribution in [0.25, 0.3) is 0 Å². The van der Waals surface area contributed by atoms with Crippen molar-refractivity contribution in [3.05, 3.63) is 82.5 Å². The molecule has 2 rings (SSSR count). The Balaban J connectivity index is 2.02. The number of benzene rings is 1. The first-order valence-electron chi connectivity index (χ1n) is 11.9. The van der Waals surface area contributed by atoms with Gasteiger partial charge in [0.15, 0.2) is 0 Å². The third-order valence-electron chi connectivity index (χ3n) is 6.37. The number of halogens is 3. The predicted octanol–water partition coefficient (Wildman–Crippen LogP) is 7.41. The summed E-state index contributed by atoms with van der Waals surface area (Å²) in [6, 6.07) is 4.90. The van der Waals surface area contributed by atoms with Gasteiger partial charge in [-0.3, -0.25) is 4.79 Å². The van der Waals surface area contributed by atoms with Gasteiger partial charge in [-0.1, -0.05) is 55.4 Å². The van der Waals surface area contributed by atoms with Crippen molar-refractivity contribution in [2.75, 3.05) is 12.4 Å². The first-order valence-corrected chi connectivity index (χ1v) is 11.9. The van der Waals surface area contributed by atoms with E-state index in [1.807, 2.05) is 19.1 Å². The van der Waals surface area contributed by atoms with Gasteiger partial charge in [-0.2, -0.15) is 5.26 Å². The molecule has 1 aromatic rings. The van der Waals surface area contributed by atoms with Crippen LogP contribution >= 0.6 is 0 Å². The number of nitrogens with one attached hydrogen (secondary N) is 1. The quantitative estimate of drug-likeness (QED) is 0.290. The number of hydrogen-bond donors (Lipinski definition) is 1. The molecule has 0 spiro atoms. The molecule has 0 heterocycles. The number of nitrogens with zero attached hydrogens (tertiary/aromatic N) is 1. The standard InChI is InChI=1S/C29H33F3N2O3/c1-18(10-12-25-20(3)15-27(36-6)22(5)21(25)4)8-7-9-19(2)14-28(35)34-26-13-11-24(16-23(26)17-33)37-29(30,31)32/h7-14,16,21-22,27H,15H2,1-6H3,(H,34,35)/b9-7+,12-10+,18-8+,19-14+. The number of anilines is 1. The fraction of sp³-hybridized carbons (Fsp3) is 0.379. The third-order valence-corrected chi connectivity index (χ3v) is 6.37. The average molecular weight is 515 g/mol. The predicted molar refractivity (Wildman–Crippen MR) is 139 cm³/mol. The third kappa shape index (κ3) is 9.10. The molecule has 198 valence electrons. The lowest BCUT2D eigenvalue weighted by Gasteiger charge is -2.35. The summed E-state index contributed by atoms with van der Waals surface area (Å²) in [7, 11) is 1.76. The summed E-state index contributed by atoms with van der Waals surface area (Å²) in [5.74, 6) is -0.212. The van der Waals surface area contributed by atoms with Crippen molar-refractivity contribution in [1.29, 1.82) is 5.26 Å². The molecule has 0 saturated carbocycles. The van der Waals surface area contributed by atoms with Crippen molar-refractivity contribution in [3.63, 3.8) is 0 Å². The van der Waals surface area contributed by atoms with Gasteiger partial charge in [-0.05, 0) is 62.3 Å². The van der Waals surface area contributed by atoms with Gasteiger partial charge in [0.25, 0.3) is 0 Å². The molecule has 1 N–H and O–H groups in total. The summed E-state index contributed by atoms with van der Waals surface area (Å²) in [5.41, 5.74) is 4.31. The van der Waals surface area contributed by atoms with Crippen LogP contribution in [0.3, 0.4) is 0 Å². The Morgan fingerprint density at radius 3 is 2.51 bits per heavy atom. The maximum atomic E-state index is 12.4. The number of hydrogen-bond acceptors (Lipinski definition) is 4. The van der Waals surface area contributed by atoms with Crippen molar-refractivity contribution in [2.24, 2.45) is 11.8 Å². The molecule has 0 bridgehead atoms. The Hall–Kier alpha value is -3.57. The summed E-state index contributed by atoms with van der Waals surface area (Å²) >= 11 is 0. The molecule has 1 aliphatic rings. The molecule has 3 atom stereocenters. The lowest BCUT2D eigenvalue weighted by molar-refractivity contribution is -0.274. The van der Waals surface area contributed by atoms with Gasteiger partial charge in [-0.15, -0.1) is 13.2 Å². The minimum Gasteiger partial charge on any atom is -0.406 e. The zero-order valence-corrected chi connectivity index (χ0v) is 21.9. The SMILES string of the molecule is COC1CC(C)=C(/C=C/C(C)=C/C=C/C(C)=C/C(=O)Nc2ccc(OC(F)(F)F)cc2C#N)C(C)C1C. The normalized spacial score (nSPS) is 21.5. The van der Waals surface area contributed by atoms with Gasteiger partial charge >= 0.3 is 6.36 Å². The lowest BCUT2D eigenvalue weighted by Crippen LogP contribution is -2.31. The number of ether oxygens (including phenoxy) is 2. The first-order chi connectivity index (χ1) is 17.3. The van der Waals surface area contributed by atoms with Crippen LogP contribution in [0.5, 0.6) is 5.75 Å². The number of carbonyl (C=O) groups excluding carboxylic acids is 1. The molecule has 1 aromatic carbocycles. The van der Waals surface area contributed by atoms with Gasteiger partial charge in [0.2, 0.25) is 5.91 Å². The number of nitriles is 1. The summed E-state index contributed by atoms with van der Waals surface area (Å²) in [5, 5.41) is 11.7. The van der Waals surface area contributed by atoms with Crippen LogP contribution in [0, 0.1) is 23.2 Å². The molecule has 3 unspecified atom stereocenters. The van der Waals surface area contributed by atoms with Gasteiger partial charge < -0.3 is 14.8 Å². The van der Waals surface area contributed by atoms with E-state index in [1.165, 1.54) is 23.3 Å². The van der Waals surface area contributed by atoms with Crippen LogP contribution in [0.4, 0.5) is 18.9 Å². The first kappa shape index (κ1) is 29.7. The van der Waals surface area contributed by atoms with E-state index >= 15 is 0 Å². The molecule has 1 aliphatic carbocycles. The average Bonchev–Trinajstić information content (AvgIpc) is 2.81. The van der Waals surface area contributed by atoms with Crippen molar-refractivity contribution in [2.45, 2.75) is 53.5 Å². The van der Waals surface area contributed by atoms with Gasteiger partial charge in [-0.25, -0.2) is 0 Å². The Morgan fingerprint density at radius 2 is 1.89 bits per heavy atom. The second kappa shape index (κ2) is 13.1. The van der Waals surface area contributed by atoms with Crippen molar-refractivity contribution < 1.29 is 27.4 Å². The molecule has 0 radical (unpaired) electrons. The molecule has 0 saturated heterocycles. The highest BCUT2D eigenvalue weighted by Crippen LogP contribution is 2.36. The molecule has 0 aliphatic heterocycles. The van der Waals surface area contributed by atoms with E-state index in [9.17, 15) is 23.2 Å². The minimum atomic E-state index is -4.87. The smallest absolute Gasteiger partial charge is 0.406 e. The van der Waals surface area contributed by atoms with E-state index in [-0.39, 0.29) is 17.4 Å². The zero-order chi connectivity index (χ0) is 27.8. The van der Waals surface area contributed by atoms with Crippen LogP contribution in [-0.4, -0.2) is 25.5 Å². The van der Waals surface area contributed by atoms with Crippen LogP contribution < -0.4 is 10.1 Å². The van der Waals surface area contributed by atoms with Crippen molar-refractivity contribution in [1.82, 2.24) is 0 Å². The van der Waals surface area contributed by atoms with E-state index in [2.05, 4.69) is 43.0 Å². The fourth-order valence-corrected chi connectivity index (χ4v) is 4.17. The van der Waals surface area contributed by atoms with Crippen LogP contribution in [-0.2, 0) is 9.53 Å². The summed E-state index contributed by atoms with van der Waals surface area (Å²) in [6.07, 6.45) is 7.40. The lowest BCUT2D eigenvalue weighted by atomic mass is 9.75. The molecule has 0 aromatic heterocycles. The Kier molecular flexibility index (Phi) is 10.5. The van der Waals surface area contributed by atoms with E-state index in [4.69, 9.17) is 4.74 Å². The molecule has 5 nitrogen and oxygen atoms in total. The molecule has 8 heteroatoms. The summed E-state index contributed by atoms with van der Waals surface area (Å²) in [4.78, 5) is 12.3. The minimum absolute atomic E-state index is 0.0867. The summed E-state index contributed by atoms with van der Waals surface area (Å²) in [6.45, 7) is 10.3. The van der Waals surface area contributed by atoms with E-state index < -0.39 is 18.0 Å². The number of allylic oxidation sites excluding steroid dienone is 8. The van der Waals surface area contributed by atoms with E-state index in [0.717, 1.165) is 24.1 Å². The second-order valence-corrected chi connectivity index (χ2v) is 9.21. The van der Waals surface area contributed by atoms with Crippen LogP contribution in [0.15, 0.2) is 76.9 Å². The number of methoxy groups -OCH3 is 1. The van der Waals surface area contributed by atoms with E-state index in [1.54, 1.807) is 26.2 Å². The molecule has 0 fully saturated rings. The highest BCUT2D eigenvalue weighted by molar-refractivity contribution is 6.00. The Labute approximate surface area is 216 Å². The zero-order valence-electron chi connectivity index (χ0n) is 21.9. The second-order valence-electron chi connectivity index (χ2n) is 9.21. The van der Waals surface area contributed by atoms with Gasteiger partial charge in [0.1, 0.15) is 11.8 Å². The van der Waals surface area contributed by atoms with Crippen molar-refractivity contribution >= 4 is 11.6 Å². The highest BCUT2D eigenvalue weighted by atomic mass is 19.4. The Morgan fingerprint density at radius 1 is 1.19 bits per heavy atom. The van der Waals surface area contributed by atoms with Gasteiger partial charge in [0, 0.05) is 19.3 Å². The topological polar surface area (TPSA) is 71.3 Å². The molecule has 37 heavy (non-hydrogen) atoms. The maximum absolute atomic E-state index is 12.4. The molecule has 1 amide bonds. The largest absolute Gasteiger partial charge is 0.573 e. The van der Waals surface area contributed by atoms with Gasteiger partial charge in [0.05, 0.1) is 17.4 Å².